The molecule has 0 spiro atoms. The van der Waals surface area contributed by atoms with Crippen LogP contribution in [0.5, 0.6) is 0 Å². The van der Waals surface area contributed by atoms with Crippen molar-refractivity contribution in [1.29, 1.82) is 0 Å². The Morgan fingerprint density at radius 2 is 1.58 bits per heavy atom. The number of rotatable bonds is 12. The third-order valence-corrected chi connectivity index (χ3v) is 10.3. The van der Waals surface area contributed by atoms with Crippen LogP contribution in [0.25, 0.3) is 0 Å². The van der Waals surface area contributed by atoms with Gasteiger partial charge in [0.1, 0.15) is 5.22 Å². The smallest absolute Gasteiger partial charge is 0.370 e. The summed E-state index contributed by atoms with van der Waals surface area (Å²) in [5.74, 6) is 0. The minimum Gasteiger partial charge on any atom is -0.396 e. The molecule has 1 saturated heterocycles. The van der Waals surface area contributed by atoms with Gasteiger partial charge in [0.25, 0.3) is 0 Å². The lowest BCUT2D eigenvalue weighted by atomic mass is 10.0. The lowest BCUT2D eigenvalue weighted by Crippen LogP contribution is -2.66. The number of hydrogen-bond donors (Lipinski definition) is 0. The van der Waals surface area contributed by atoms with E-state index >= 15 is 0 Å². The molecule has 5 heteroatoms. The highest BCUT2D eigenvalue weighted by atomic mass is 28.4. The molecule has 0 aliphatic carbocycles. The van der Waals surface area contributed by atoms with Crippen molar-refractivity contribution in [3.05, 3.63) is 0 Å². The molecule has 1 aliphatic rings. The van der Waals surface area contributed by atoms with Gasteiger partial charge in [0.15, 0.2) is 0 Å². The van der Waals surface area contributed by atoms with Gasteiger partial charge >= 0.3 is 8.56 Å². The molecule has 0 amide bonds. The van der Waals surface area contributed by atoms with Crippen molar-refractivity contribution >= 4 is 8.56 Å². The van der Waals surface area contributed by atoms with Gasteiger partial charge in [-0.25, -0.2) is 0 Å². The van der Waals surface area contributed by atoms with Crippen molar-refractivity contribution in [2.75, 3.05) is 34.4 Å². The molecule has 1 aliphatic heterocycles. The maximum Gasteiger partial charge on any atom is 0.370 e. The Hall–Kier alpha value is 0.0569. The zero-order valence-corrected chi connectivity index (χ0v) is 18.0. The average molecular weight is 360 g/mol. The first kappa shape index (κ1) is 22.1. The molecule has 0 aromatic heterocycles. The third-order valence-electron chi connectivity index (χ3n) is 5.93. The van der Waals surface area contributed by atoms with Crippen LogP contribution in [0.2, 0.25) is 6.04 Å². The standard InChI is InChI=1S/C19H41NO3Si/c1-7-9-14-20(15-10-8-2)18(3)17-19(21-4)13-11-12-16-24(19,22-5)23-6/h18H,7-17H2,1-6H3. The van der Waals surface area contributed by atoms with Gasteiger partial charge in [-0.3, -0.25) is 0 Å². The second-order valence-corrected chi connectivity index (χ2v) is 11.1. The maximum absolute atomic E-state index is 6.19. The zero-order valence-electron chi connectivity index (χ0n) is 17.0. The first-order valence-corrected chi connectivity index (χ1v) is 12.0. The first-order chi connectivity index (χ1) is 11.5. The Kier molecular flexibility index (Phi) is 10.1. The molecule has 4 nitrogen and oxygen atoms in total. The quantitative estimate of drug-likeness (QED) is 0.480. The number of methoxy groups -OCH3 is 1. The van der Waals surface area contributed by atoms with Crippen molar-refractivity contribution in [2.45, 2.75) is 89.4 Å². The SMILES string of the molecule is CCCCN(CCCC)C(C)CC1(OC)CCCC[Si]1(OC)OC. The van der Waals surface area contributed by atoms with Crippen molar-refractivity contribution in [1.82, 2.24) is 4.90 Å². The summed E-state index contributed by atoms with van der Waals surface area (Å²) in [4.78, 5) is 2.66. The summed E-state index contributed by atoms with van der Waals surface area (Å²) in [6, 6.07) is 1.54. The maximum atomic E-state index is 6.19. The van der Waals surface area contributed by atoms with Crippen LogP contribution in [0, 0.1) is 0 Å². The van der Waals surface area contributed by atoms with Crippen LogP contribution in [0.15, 0.2) is 0 Å². The van der Waals surface area contributed by atoms with Crippen LogP contribution >= 0.6 is 0 Å². The van der Waals surface area contributed by atoms with Crippen molar-refractivity contribution < 1.29 is 13.6 Å². The third kappa shape index (κ3) is 5.04. The van der Waals surface area contributed by atoms with E-state index in [0.29, 0.717) is 6.04 Å². The summed E-state index contributed by atoms with van der Waals surface area (Å²) >= 11 is 0. The summed E-state index contributed by atoms with van der Waals surface area (Å²) in [6.07, 6.45) is 9.53. The Labute approximate surface area is 151 Å². The lowest BCUT2D eigenvalue weighted by Gasteiger charge is -2.50. The molecule has 0 N–H and O–H groups in total. The Balaban J connectivity index is 2.91. The number of hydrogen-bond acceptors (Lipinski definition) is 4. The molecule has 2 atom stereocenters. The first-order valence-electron chi connectivity index (χ1n) is 9.94. The second-order valence-electron chi connectivity index (χ2n) is 7.36. The van der Waals surface area contributed by atoms with Crippen LogP contribution in [-0.4, -0.2) is 59.1 Å². The molecule has 2 unspecified atom stereocenters. The van der Waals surface area contributed by atoms with E-state index in [-0.39, 0.29) is 5.22 Å². The predicted molar refractivity (Wildman–Crippen MR) is 104 cm³/mol. The van der Waals surface area contributed by atoms with Gasteiger partial charge in [-0.2, -0.15) is 0 Å². The fourth-order valence-corrected chi connectivity index (χ4v) is 8.29. The van der Waals surface area contributed by atoms with Crippen LogP contribution in [0.1, 0.15) is 72.1 Å². The van der Waals surface area contributed by atoms with Gasteiger partial charge in [0.2, 0.25) is 0 Å². The molecule has 0 aromatic rings. The van der Waals surface area contributed by atoms with Crippen molar-refractivity contribution in [3.8, 4) is 0 Å². The highest BCUT2D eigenvalue weighted by molar-refractivity contribution is 6.70. The van der Waals surface area contributed by atoms with Crippen LogP contribution in [0.3, 0.4) is 0 Å². The van der Waals surface area contributed by atoms with Crippen LogP contribution in [-0.2, 0) is 13.6 Å². The molecule has 0 bridgehead atoms. The van der Waals surface area contributed by atoms with Gasteiger partial charge in [0.05, 0.1) is 0 Å². The largest absolute Gasteiger partial charge is 0.396 e. The minimum atomic E-state index is -2.33. The molecule has 1 heterocycles. The Morgan fingerprint density at radius 1 is 1.00 bits per heavy atom. The summed E-state index contributed by atoms with van der Waals surface area (Å²) < 4.78 is 18.3. The summed E-state index contributed by atoms with van der Waals surface area (Å²) in [5.41, 5.74) is 0. The number of unbranched alkanes of at least 4 members (excludes halogenated alkanes) is 2. The van der Waals surface area contributed by atoms with E-state index in [4.69, 9.17) is 13.6 Å². The van der Waals surface area contributed by atoms with Crippen molar-refractivity contribution in [3.63, 3.8) is 0 Å². The minimum absolute atomic E-state index is 0.217. The molecule has 144 valence electrons. The van der Waals surface area contributed by atoms with Crippen molar-refractivity contribution in [2.24, 2.45) is 0 Å². The van der Waals surface area contributed by atoms with Gasteiger partial charge in [-0.1, -0.05) is 39.5 Å². The normalized spacial score (nSPS) is 25.1. The topological polar surface area (TPSA) is 30.9 Å². The molecule has 1 rings (SSSR count). The number of nitrogens with zero attached hydrogens (tertiary/aromatic N) is 1. The van der Waals surface area contributed by atoms with E-state index in [2.05, 4.69) is 25.7 Å². The number of ether oxygens (including phenoxy) is 1. The predicted octanol–water partition coefficient (Wildman–Crippen LogP) is 4.51. The molecule has 0 aromatic carbocycles. The van der Waals surface area contributed by atoms with Crippen LogP contribution < -0.4 is 0 Å². The fourth-order valence-electron chi connectivity index (χ4n) is 4.33. The average Bonchev–Trinajstić information content (AvgIpc) is 2.62. The zero-order chi connectivity index (χ0) is 18.1. The Bertz CT molecular complexity index is 331. The van der Waals surface area contributed by atoms with Gasteiger partial charge in [-0.15, -0.1) is 0 Å². The summed E-state index contributed by atoms with van der Waals surface area (Å²) in [7, 11) is 3.18. The molecule has 24 heavy (non-hydrogen) atoms. The summed E-state index contributed by atoms with van der Waals surface area (Å²) in [5, 5.41) is -0.217. The van der Waals surface area contributed by atoms with E-state index in [1.165, 1.54) is 51.6 Å². The van der Waals surface area contributed by atoms with E-state index < -0.39 is 8.56 Å². The fraction of sp³-hybridized carbons (Fsp3) is 1.00. The second kappa shape index (κ2) is 10.9. The molecular weight excluding hydrogens is 318 g/mol. The monoisotopic (exact) mass is 359 g/mol. The van der Waals surface area contributed by atoms with E-state index in [1.807, 2.05) is 21.3 Å². The molecule has 0 radical (unpaired) electrons. The van der Waals surface area contributed by atoms with E-state index in [1.54, 1.807) is 0 Å². The molecular formula is C19H41NO3Si. The van der Waals surface area contributed by atoms with E-state index in [0.717, 1.165) is 18.9 Å². The molecule has 1 fully saturated rings. The highest BCUT2D eigenvalue weighted by Gasteiger charge is 2.59. The van der Waals surface area contributed by atoms with Gasteiger partial charge in [0, 0.05) is 27.4 Å². The van der Waals surface area contributed by atoms with E-state index in [9.17, 15) is 0 Å². The van der Waals surface area contributed by atoms with Gasteiger partial charge in [-0.05, 0) is 51.7 Å². The highest BCUT2D eigenvalue weighted by Crippen LogP contribution is 2.43. The Morgan fingerprint density at radius 3 is 2.04 bits per heavy atom. The lowest BCUT2D eigenvalue weighted by molar-refractivity contribution is -0.0305. The molecule has 0 saturated carbocycles. The summed E-state index contributed by atoms with van der Waals surface area (Å²) in [6.45, 7) is 9.28. The van der Waals surface area contributed by atoms with Gasteiger partial charge < -0.3 is 18.5 Å². The van der Waals surface area contributed by atoms with Crippen LogP contribution in [0.4, 0.5) is 0 Å².